The normalized spacial score (nSPS) is 14.7. The molecule has 3 aromatic rings. The van der Waals surface area contributed by atoms with Crippen molar-refractivity contribution in [1.82, 2.24) is 5.32 Å². The Balaban J connectivity index is 1.52. The number of halogens is 1. The molecule has 0 spiro atoms. The van der Waals surface area contributed by atoms with Gasteiger partial charge in [0, 0.05) is 4.88 Å². The third-order valence-corrected chi connectivity index (χ3v) is 6.20. The number of amidine groups is 1. The van der Waals surface area contributed by atoms with E-state index in [1.165, 1.54) is 40.9 Å². The van der Waals surface area contributed by atoms with Gasteiger partial charge in [0.1, 0.15) is 11.5 Å². The predicted molar refractivity (Wildman–Crippen MR) is 124 cm³/mol. The fourth-order valence-electron chi connectivity index (χ4n) is 2.90. The molecular weight excluding hydrogens is 433 g/mol. The molecule has 0 radical (unpaired) electrons. The molecule has 0 fully saturated rings. The Morgan fingerprint density at radius 2 is 1.87 bits per heavy atom. The zero-order valence-corrected chi connectivity index (χ0v) is 18.0. The summed E-state index contributed by atoms with van der Waals surface area (Å²) in [6.07, 6.45) is 1.70. The van der Waals surface area contributed by atoms with Crippen molar-refractivity contribution < 1.29 is 14.0 Å². The first-order valence-corrected chi connectivity index (χ1v) is 11.3. The minimum atomic E-state index is -0.394. The number of rotatable bonds is 6. The smallest absolute Gasteiger partial charge is 0.283 e. The molecule has 0 saturated carbocycles. The molecule has 0 aliphatic carbocycles. The summed E-state index contributed by atoms with van der Waals surface area (Å²) < 4.78 is 13.4. The maximum absolute atomic E-state index is 13.4. The third kappa shape index (κ3) is 5.28. The van der Waals surface area contributed by atoms with Gasteiger partial charge in [-0.05, 0) is 47.4 Å². The van der Waals surface area contributed by atoms with Crippen LogP contribution in [0.15, 0.2) is 82.8 Å². The van der Waals surface area contributed by atoms with Gasteiger partial charge in [-0.1, -0.05) is 48.2 Å². The summed E-state index contributed by atoms with van der Waals surface area (Å²) in [6, 6.07) is 18.9. The third-order valence-electron chi connectivity index (χ3n) is 4.39. The number of carbonyl (C=O) groups excluding carboxylic acids is 2. The van der Waals surface area contributed by atoms with E-state index in [4.69, 9.17) is 0 Å². The number of amides is 2. The zero-order valence-electron chi connectivity index (χ0n) is 16.3. The molecule has 1 aliphatic heterocycles. The summed E-state index contributed by atoms with van der Waals surface area (Å²) in [7, 11) is 0. The predicted octanol–water partition coefficient (Wildman–Crippen LogP) is 4.68. The van der Waals surface area contributed by atoms with E-state index in [0.717, 1.165) is 10.4 Å². The molecule has 2 amide bonds. The Labute approximate surface area is 187 Å². The van der Waals surface area contributed by atoms with Crippen LogP contribution < -0.4 is 10.2 Å². The quantitative estimate of drug-likeness (QED) is 0.554. The lowest BCUT2D eigenvalue weighted by molar-refractivity contribution is -0.118. The van der Waals surface area contributed by atoms with Crippen molar-refractivity contribution in [2.75, 3.05) is 10.7 Å². The number of nitrogens with zero attached hydrogens (tertiary/aromatic N) is 2. The Morgan fingerprint density at radius 1 is 1.10 bits per heavy atom. The average molecular weight is 452 g/mol. The summed E-state index contributed by atoms with van der Waals surface area (Å²) in [5.74, 6) is -0.770. The molecule has 156 valence electrons. The number of benzene rings is 2. The van der Waals surface area contributed by atoms with E-state index in [1.807, 2.05) is 47.8 Å². The van der Waals surface area contributed by atoms with Crippen LogP contribution in [0.2, 0.25) is 0 Å². The molecule has 2 heterocycles. The van der Waals surface area contributed by atoms with E-state index in [-0.39, 0.29) is 23.3 Å². The van der Waals surface area contributed by atoms with Crippen molar-refractivity contribution in [3.63, 3.8) is 0 Å². The van der Waals surface area contributed by atoms with Crippen molar-refractivity contribution in [2.24, 2.45) is 4.99 Å². The number of thiophene rings is 1. The fraction of sp³-hybridized carbons (Fsp3) is 0.0870. The first kappa shape index (κ1) is 21.0. The van der Waals surface area contributed by atoms with E-state index in [0.29, 0.717) is 17.4 Å². The highest BCUT2D eigenvalue weighted by atomic mass is 32.2. The van der Waals surface area contributed by atoms with Gasteiger partial charge in [-0.3, -0.25) is 14.5 Å². The molecule has 8 heteroatoms. The first-order valence-electron chi connectivity index (χ1n) is 9.47. The van der Waals surface area contributed by atoms with Gasteiger partial charge in [0.2, 0.25) is 5.91 Å². The second-order valence-electron chi connectivity index (χ2n) is 6.60. The number of nitrogens with one attached hydrogen (secondary N) is 1. The summed E-state index contributed by atoms with van der Waals surface area (Å²) in [5, 5.41) is 5.20. The Kier molecular flexibility index (Phi) is 6.59. The molecule has 1 N–H and O–H groups in total. The molecule has 0 saturated heterocycles. The lowest BCUT2D eigenvalue weighted by atomic mass is 10.2. The van der Waals surface area contributed by atoms with Crippen LogP contribution in [-0.4, -0.2) is 22.7 Å². The van der Waals surface area contributed by atoms with E-state index in [2.05, 4.69) is 10.3 Å². The van der Waals surface area contributed by atoms with Gasteiger partial charge in [-0.15, -0.1) is 11.3 Å². The minimum Gasteiger partial charge on any atom is -0.350 e. The summed E-state index contributed by atoms with van der Waals surface area (Å²) >= 11 is 2.74. The van der Waals surface area contributed by atoms with Crippen molar-refractivity contribution in [3.8, 4) is 0 Å². The number of anilines is 1. The van der Waals surface area contributed by atoms with Crippen LogP contribution in [0.25, 0.3) is 6.08 Å². The molecular formula is C23H18FN3O2S2. The van der Waals surface area contributed by atoms with Gasteiger partial charge in [-0.25, -0.2) is 9.38 Å². The van der Waals surface area contributed by atoms with E-state index in [1.54, 1.807) is 17.4 Å². The molecule has 4 rings (SSSR count). The van der Waals surface area contributed by atoms with Gasteiger partial charge in [-0.2, -0.15) is 0 Å². The number of thioether (sulfide) groups is 1. The molecule has 31 heavy (non-hydrogen) atoms. The van der Waals surface area contributed by atoms with E-state index >= 15 is 0 Å². The SMILES string of the molecule is O=C(CSC1=NC(=Cc2ccccc2)C(=O)N1c1ccc(F)cc1)NCc1cccs1. The van der Waals surface area contributed by atoms with E-state index in [9.17, 15) is 14.0 Å². The van der Waals surface area contributed by atoms with Crippen LogP contribution in [0.3, 0.4) is 0 Å². The molecule has 0 unspecified atom stereocenters. The molecule has 0 bridgehead atoms. The van der Waals surface area contributed by atoms with Gasteiger partial charge in [0.15, 0.2) is 5.17 Å². The van der Waals surface area contributed by atoms with E-state index < -0.39 is 5.82 Å². The number of hydrogen-bond acceptors (Lipinski definition) is 5. The standard InChI is InChI=1S/C23H18FN3O2S2/c24-17-8-10-18(11-9-17)27-22(29)20(13-16-5-2-1-3-6-16)26-23(27)31-15-21(28)25-14-19-7-4-12-30-19/h1-13H,14-15H2,(H,25,28). The topological polar surface area (TPSA) is 61.8 Å². The summed E-state index contributed by atoms with van der Waals surface area (Å²) in [6.45, 7) is 0.462. The van der Waals surface area contributed by atoms with Crippen LogP contribution in [0, 0.1) is 5.82 Å². The lowest BCUT2D eigenvalue weighted by Gasteiger charge is -2.17. The van der Waals surface area contributed by atoms with Crippen LogP contribution in [0.1, 0.15) is 10.4 Å². The molecule has 5 nitrogen and oxygen atoms in total. The lowest BCUT2D eigenvalue weighted by Crippen LogP contribution is -2.32. The maximum Gasteiger partial charge on any atom is 0.283 e. The largest absolute Gasteiger partial charge is 0.350 e. The Hall–Kier alpha value is -3.23. The summed E-state index contributed by atoms with van der Waals surface area (Å²) in [5.41, 5.74) is 1.60. The van der Waals surface area contributed by atoms with Gasteiger partial charge >= 0.3 is 0 Å². The second kappa shape index (κ2) is 9.72. The molecule has 2 aromatic carbocycles. The highest BCUT2D eigenvalue weighted by molar-refractivity contribution is 8.14. The van der Waals surface area contributed by atoms with Crippen LogP contribution in [0.5, 0.6) is 0 Å². The number of carbonyl (C=O) groups is 2. The fourth-order valence-corrected chi connectivity index (χ4v) is 4.39. The van der Waals surface area contributed by atoms with Crippen LogP contribution in [0.4, 0.5) is 10.1 Å². The molecule has 1 aromatic heterocycles. The van der Waals surface area contributed by atoms with Crippen molar-refractivity contribution in [3.05, 3.63) is 94.1 Å². The van der Waals surface area contributed by atoms with Crippen LogP contribution >= 0.6 is 23.1 Å². The zero-order chi connectivity index (χ0) is 21.6. The van der Waals surface area contributed by atoms with Crippen molar-refractivity contribution in [1.29, 1.82) is 0 Å². The highest BCUT2D eigenvalue weighted by Crippen LogP contribution is 2.29. The Bertz CT molecular complexity index is 1130. The van der Waals surface area contributed by atoms with Crippen molar-refractivity contribution in [2.45, 2.75) is 6.54 Å². The highest BCUT2D eigenvalue weighted by Gasteiger charge is 2.32. The summed E-state index contributed by atoms with van der Waals surface area (Å²) in [4.78, 5) is 32.3. The average Bonchev–Trinajstić information content (AvgIpc) is 3.41. The van der Waals surface area contributed by atoms with Gasteiger partial charge in [0.25, 0.3) is 5.91 Å². The number of aliphatic imine (C=N–C) groups is 1. The first-order chi connectivity index (χ1) is 15.1. The second-order valence-corrected chi connectivity index (χ2v) is 8.57. The number of hydrogen-bond donors (Lipinski definition) is 1. The van der Waals surface area contributed by atoms with Gasteiger partial charge in [0.05, 0.1) is 18.0 Å². The minimum absolute atomic E-state index is 0.105. The molecule has 0 atom stereocenters. The van der Waals surface area contributed by atoms with Gasteiger partial charge < -0.3 is 5.32 Å². The molecule has 1 aliphatic rings. The maximum atomic E-state index is 13.4. The Morgan fingerprint density at radius 3 is 2.58 bits per heavy atom. The van der Waals surface area contributed by atoms with Crippen molar-refractivity contribution >= 4 is 51.8 Å². The van der Waals surface area contributed by atoms with Crippen LogP contribution in [-0.2, 0) is 16.1 Å². The monoisotopic (exact) mass is 451 g/mol.